The molecule has 0 spiro atoms. The number of pyridine rings is 1. The molecule has 0 amide bonds. The van der Waals surface area contributed by atoms with E-state index in [0.717, 1.165) is 35.4 Å². The molecule has 1 aliphatic rings. The zero-order chi connectivity index (χ0) is 13.5. The molecule has 4 rings (SSSR count). The lowest BCUT2D eigenvalue weighted by Gasteiger charge is -2.17. The summed E-state index contributed by atoms with van der Waals surface area (Å²) in [5.74, 6) is 1.52. The van der Waals surface area contributed by atoms with Gasteiger partial charge in [0.05, 0.1) is 5.52 Å². The number of hydrogen-bond donors (Lipinski definition) is 2. The van der Waals surface area contributed by atoms with Gasteiger partial charge >= 0.3 is 0 Å². The maximum atomic E-state index is 6.09. The van der Waals surface area contributed by atoms with E-state index in [1.165, 1.54) is 24.0 Å². The van der Waals surface area contributed by atoms with Crippen LogP contribution in [-0.4, -0.2) is 15.0 Å². The van der Waals surface area contributed by atoms with Crippen LogP contribution in [0, 0.1) is 0 Å². The summed E-state index contributed by atoms with van der Waals surface area (Å²) in [6.07, 6.45) is 4.51. The molecule has 1 aliphatic carbocycles. The molecule has 20 heavy (non-hydrogen) atoms. The Labute approximate surface area is 117 Å². The van der Waals surface area contributed by atoms with Crippen molar-refractivity contribution in [3.63, 3.8) is 0 Å². The molecule has 0 bridgehead atoms. The molecule has 2 heterocycles. The van der Waals surface area contributed by atoms with Gasteiger partial charge in [-0.2, -0.15) is 0 Å². The van der Waals surface area contributed by atoms with Crippen molar-refractivity contribution < 1.29 is 0 Å². The third-order valence-corrected chi connectivity index (χ3v) is 4.04. The fraction of sp³-hybridized carbons (Fsp3) is 0.250. The van der Waals surface area contributed by atoms with Crippen molar-refractivity contribution in [2.75, 3.05) is 5.73 Å². The van der Waals surface area contributed by atoms with Gasteiger partial charge in [-0.05, 0) is 36.8 Å². The van der Waals surface area contributed by atoms with E-state index in [1.807, 2.05) is 30.3 Å². The van der Waals surface area contributed by atoms with Crippen LogP contribution in [0.15, 0.2) is 30.3 Å². The SMILES string of the molecule is Nc1nc2nc(-c3ccccc3)[nH]c2c2c1CCCC2. The Morgan fingerprint density at radius 1 is 0.950 bits per heavy atom. The van der Waals surface area contributed by atoms with E-state index in [0.29, 0.717) is 5.82 Å². The summed E-state index contributed by atoms with van der Waals surface area (Å²) in [4.78, 5) is 12.5. The van der Waals surface area contributed by atoms with Gasteiger partial charge in [-0.1, -0.05) is 30.3 Å². The van der Waals surface area contributed by atoms with Crippen LogP contribution in [-0.2, 0) is 12.8 Å². The topological polar surface area (TPSA) is 67.6 Å². The first-order valence-electron chi connectivity index (χ1n) is 7.05. The summed E-state index contributed by atoms with van der Waals surface area (Å²) in [6, 6.07) is 10.1. The third-order valence-electron chi connectivity index (χ3n) is 4.04. The Kier molecular flexibility index (Phi) is 2.49. The number of H-pyrrole nitrogens is 1. The normalized spacial score (nSPS) is 14.4. The lowest BCUT2D eigenvalue weighted by molar-refractivity contribution is 0.688. The first-order valence-corrected chi connectivity index (χ1v) is 7.05. The van der Waals surface area contributed by atoms with E-state index >= 15 is 0 Å². The summed E-state index contributed by atoms with van der Waals surface area (Å²) >= 11 is 0. The first-order chi connectivity index (χ1) is 9.83. The molecule has 0 aliphatic heterocycles. The monoisotopic (exact) mass is 264 g/mol. The van der Waals surface area contributed by atoms with Crippen molar-refractivity contribution in [1.29, 1.82) is 0 Å². The Hall–Kier alpha value is -2.36. The first kappa shape index (κ1) is 11.5. The van der Waals surface area contributed by atoms with E-state index in [1.54, 1.807) is 0 Å². The molecule has 0 fully saturated rings. The molecule has 100 valence electrons. The highest BCUT2D eigenvalue weighted by molar-refractivity contribution is 5.83. The molecule has 0 unspecified atom stereocenters. The maximum Gasteiger partial charge on any atom is 0.180 e. The summed E-state index contributed by atoms with van der Waals surface area (Å²) in [5.41, 5.74) is 11.5. The Balaban J connectivity index is 1.96. The number of anilines is 1. The molecule has 0 atom stereocenters. The van der Waals surface area contributed by atoms with Crippen molar-refractivity contribution in [3.05, 3.63) is 41.5 Å². The predicted octanol–water partition coefficient (Wildman–Crippen LogP) is 3.09. The van der Waals surface area contributed by atoms with Crippen LogP contribution in [0.2, 0.25) is 0 Å². The molecule has 0 saturated heterocycles. The zero-order valence-corrected chi connectivity index (χ0v) is 11.2. The Morgan fingerprint density at radius 2 is 1.70 bits per heavy atom. The van der Waals surface area contributed by atoms with Gasteiger partial charge in [-0.25, -0.2) is 9.97 Å². The van der Waals surface area contributed by atoms with Gasteiger partial charge in [0.2, 0.25) is 0 Å². The number of nitrogens with zero attached hydrogens (tertiary/aromatic N) is 2. The van der Waals surface area contributed by atoms with E-state index in [2.05, 4.69) is 15.0 Å². The number of aryl methyl sites for hydroxylation is 1. The minimum absolute atomic E-state index is 0.651. The van der Waals surface area contributed by atoms with Crippen molar-refractivity contribution in [2.45, 2.75) is 25.7 Å². The molecule has 3 N–H and O–H groups in total. The lowest BCUT2D eigenvalue weighted by atomic mass is 9.92. The number of nitrogens with one attached hydrogen (secondary N) is 1. The standard InChI is InChI=1S/C16H16N4/c17-14-12-9-5-4-8-11(12)13-16(19-14)20-15(18-13)10-6-2-1-3-7-10/h1-3,6-7H,4-5,8-9H2,(H3,17,18,19,20). The number of nitrogen functional groups attached to an aromatic ring is 1. The summed E-state index contributed by atoms with van der Waals surface area (Å²) in [6.45, 7) is 0. The second kappa shape index (κ2) is 4.34. The fourth-order valence-electron chi connectivity index (χ4n) is 3.03. The molecule has 1 aromatic carbocycles. The molecule has 4 nitrogen and oxygen atoms in total. The molecule has 0 saturated carbocycles. The highest BCUT2D eigenvalue weighted by Crippen LogP contribution is 2.31. The van der Waals surface area contributed by atoms with Gasteiger partial charge in [-0.3, -0.25) is 0 Å². The van der Waals surface area contributed by atoms with Gasteiger partial charge in [0.25, 0.3) is 0 Å². The predicted molar refractivity (Wildman–Crippen MR) is 80.4 cm³/mol. The minimum Gasteiger partial charge on any atom is -0.383 e. The van der Waals surface area contributed by atoms with Crippen LogP contribution in [0.1, 0.15) is 24.0 Å². The number of benzene rings is 1. The minimum atomic E-state index is 0.651. The van der Waals surface area contributed by atoms with Crippen LogP contribution >= 0.6 is 0 Å². The van der Waals surface area contributed by atoms with Crippen molar-refractivity contribution >= 4 is 17.0 Å². The maximum absolute atomic E-state index is 6.09. The lowest BCUT2D eigenvalue weighted by Crippen LogP contribution is -2.09. The second-order valence-corrected chi connectivity index (χ2v) is 5.31. The molecule has 3 aromatic rings. The number of fused-ring (bicyclic) bond motifs is 3. The second-order valence-electron chi connectivity index (χ2n) is 5.31. The van der Waals surface area contributed by atoms with Crippen LogP contribution in [0.25, 0.3) is 22.6 Å². The van der Waals surface area contributed by atoms with Crippen molar-refractivity contribution in [2.24, 2.45) is 0 Å². The quantitative estimate of drug-likeness (QED) is 0.709. The third kappa shape index (κ3) is 1.68. The number of nitrogens with two attached hydrogens (primary N) is 1. The number of aromatic amines is 1. The summed E-state index contributed by atoms with van der Waals surface area (Å²) in [7, 11) is 0. The Morgan fingerprint density at radius 3 is 2.50 bits per heavy atom. The average molecular weight is 264 g/mol. The Bertz CT molecular complexity index is 774. The number of rotatable bonds is 1. The zero-order valence-electron chi connectivity index (χ0n) is 11.2. The van der Waals surface area contributed by atoms with Gasteiger partial charge in [0, 0.05) is 5.56 Å². The van der Waals surface area contributed by atoms with E-state index in [-0.39, 0.29) is 0 Å². The molecular weight excluding hydrogens is 248 g/mol. The average Bonchev–Trinajstić information content (AvgIpc) is 2.93. The highest BCUT2D eigenvalue weighted by atomic mass is 15.0. The fourth-order valence-corrected chi connectivity index (χ4v) is 3.03. The van der Waals surface area contributed by atoms with Crippen LogP contribution in [0.5, 0.6) is 0 Å². The smallest absolute Gasteiger partial charge is 0.180 e. The van der Waals surface area contributed by atoms with Gasteiger partial charge in [0.1, 0.15) is 11.6 Å². The van der Waals surface area contributed by atoms with E-state index < -0.39 is 0 Å². The summed E-state index contributed by atoms with van der Waals surface area (Å²) < 4.78 is 0. The molecule has 4 heteroatoms. The van der Waals surface area contributed by atoms with E-state index in [4.69, 9.17) is 5.73 Å². The van der Waals surface area contributed by atoms with Gasteiger partial charge in [-0.15, -0.1) is 0 Å². The van der Waals surface area contributed by atoms with Crippen molar-refractivity contribution in [3.8, 4) is 11.4 Å². The molecule has 2 aromatic heterocycles. The number of hydrogen-bond acceptors (Lipinski definition) is 3. The summed E-state index contributed by atoms with van der Waals surface area (Å²) in [5, 5.41) is 0. The highest BCUT2D eigenvalue weighted by Gasteiger charge is 2.19. The van der Waals surface area contributed by atoms with Crippen LogP contribution < -0.4 is 5.73 Å². The van der Waals surface area contributed by atoms with E-state index in [9.17, 15) is 0 Å². The largest absolute Gasteiger partial charge is 0.383 e. The van der Waals surface area contributed by atoms with Crippen LogP contribution in [0.3, 0.4) is 0 Å². The molecule has 0 radical (unpaired) electrons. The van der Waals surface area contributed by atoms with Gasteiger partial charge < -0.3 is 10.7 Å². The van der Waals surface area contributed by atoms with Gasteiger partial charge in [0.15, 0.2) is 5.65 Å². The van der Waals surface area contributed by atoms with Crippen LogP contribution in [0.4, 0.5) is 5.82 Å². The number of aromatic nitrogens is 3. The molecular formula is C16H16N4. The number of imidazole rings is 1. The van der Waals surface area contributed by atoms with Crippen molar-refractivity contribution in [1.82, 2.24) is 15.0 Å².